The lowest BCUT2D eigenvalue weighted by Crippen LogP contribution is -2.42. The van der Waals surface area contributed by atoms with Gasteiger partial charge in [-0.2, -0.15) is 5.10 Å². The third kappa shape index (κ3) is 4.64. The number of hydrogen-bond acceptors (Lipinski definition) is 7. The van der Waals surface area contributed by atoms with E-state index in [0.717, 1.165) is 5.52 Å². The summed E-state index contributed by atoms with van der Waals surface area (Å²) in [5, 5.41) is 19.7. The number of ether oxygens (including phenoxy) is 2. The maximum Gasteiger partial charge on any atom is 0.407 e. The van der Waals surface area contributed by atoms with Crippen LogP contribution in [-0.4, -0.2) is 59.2 Å². The Morgan fingerprint density at radius 1 is 1.37 bits per heavy atom. The summed E-state index contributed by atoms with van der Waals surface area (Å²) in [6.07, 6.45) is 1.17. The van der Waals surface area contributed by atoms with Gasteiger partial charge in [-0.1, -0.05) is 6.92 Å². The molecule has 0 saturated carbocycles. The maximum absolute atomic E-state index is 12.2. The zero-order valence-electron chi connectivity index (χ0n) is 18.0. The van der Waals surface area contributed by atoms with Crippen LogP contribution in [0.15, 0.2) is 18.3 Å². The fraction of sp³-hybridized carbons (Fsp3) is 0.600. The number of carbonyl (C=O) groups excluding carboxylic acids is 1. The number of benzene rings is 1. The van der Waals surface area contributed by atoms with Crippen molar-refractivity contribution in [1.29, 1.82) is 0 Å². The smallest absolute Gasteiger partial charge is 0.407 e. The van der Waals surface area contributed by atoms with Crippen LogP contribution in [0, 0.1) is 16.0 Å². The Labute approximate surface area is 175 Å². The van der Waals surface area contributed by atoms with Crippen LogP contribution in [-0.2, 0) is 16.0 Å². The molecule has 1 fully saturated rings. The molecule has 10 heteroatoms. The molecule has 1 saturated heterocycles. The number of nitrogens with zero attached hydrogens (tertiary/aromatic N) is 4. The van der Waals surface area contributed by atoms with Gasteiger partial charge in [-0.25, -0.2) is 4.79 Å². The number of fused-ring (bicyclic) bond motifs is 1. The maximum atomic E-state index is 12.2. The van der Waals surface area contributed by atoms with E-state index < -0.39 is 11.7 Å². The molecule has 10 nitrogen and oxygen atoms in total. The molecule has 1 N–H and O–H groups in total. The Morgan fingerprint density at radius 3 is 2.73 bits per heavy atom. The largest absolute Gasteiger partial charge is 0.444 e. The van der Waals surface area contributed by atoms with E-state index in [-0.39, 0.29) is 22.6 Å². The van der Waals surface area contributed by atoms with Gasteiger partial charge in [0, 0.05) is 26.3 Å². The Bertz CT molecular complexity index is 936. The van der Waals surface area contributed by atoms with E-state index in [1.54, 1.807) is 24.1 Å². The molecule has 1 amide bonds. The van der Waals surface area contributed by atoms with Crippen LogP contribution in [0.3, 0.4) is 0 Å². The number of alkyl carbamates (subject to hydrolysis) is 1. The Kier molecular flexibility index (Phi) is 6.16. The quantitative estimate of drug-likeness (QED) is 0.566. The number of methoxy groups -OCH3 is 1. The van der Waals surface area contributed by atoms with Gasteiger partial charge in [-0.3, -0.25) is 14.8 Å². The van der Waals surface area contributed by atoms with Crippen molar-refractivity contribution in [2.45, 2.75) is 45.9 Å². The summed E-state index contributed by atoms with van der Waals surface area (Å²) in [4.78, 5) is 25.5. The molecule has 2 aromatic rings. The molecule has 164 valence electrons. The second-order valence-electron chi connectivity index (χ2n) is 8.62. The molecular weight excluding hydrogens is 390 g/mol. The summed E-state index contributed by atoms with van der Waals surface area (Å²) >= 11 is 0. The molecule has 0 aliphatic carbocycles. The van der Waals surface area contributed by atoms with Gasteiger partial charge >= 0.3 is 6.09 Å². The van der Waals surface area contributed by atoms with Gasteiger partial charge in [-0.15, -0.1) is 0 Å². The van der Waals surface area contributed by atoms with Gasteiger partial charge in [0.2, 0.25) is 0 Å². The molecule has 0 radical (unpaired) electrons. The normalized spacial score (nSPS) is 19.3. The topological polar surface area (TPSA) is 112 Å². The van der Waals surface area contributed by atoms with Crippen LogP contribution in [0.2, 0.25) is 0 Å². The first-order chi connectivity index (χ1) is 14.1. The van der Waals surface area contributed by atoms with Crippen molar-refractivity contribution in [1.82, 2.24) is 15.1 Å². The Balaban J connectivity index is 1.89. The molecule has 1 aromatic heterocycles. The molecule has 0 bridgehead atoms. The molecular formula is C20H29N5O5. The predicted molar refractivity (Wildman–Crippen MR) is 113 cm³/mol. The van der Waals surface area contributed by atoms with E-state index in [1.165, 1.54) is 6.07 Å². The van der Waals surface area contributed by atoms with Crippen molar-refractivity contribution in [2.24, 2.45) is 5.92 Å². The highest BCUT2D eigenvalue weighted by Crippen LogP contribution is 2.38. The molecule has 3 rings (SSSR count). The van der Waals surface area contributed by atoms with Crippen molar-refractivity contribution in [2.75, 3.05) is 31.7 Å². The summed E-state index contributed by atoms with van der Waals surface area (Å²) in [6.45, 7) is 9.50. The lowest BCUT2D eigenvalue weighted by atomic mass is 10.1. The number of rotatable bonds is 6. The average Bonchev–Trinajstić information content (AvgIpc) is 3.21. The first-order valence-corrected chi connectivity index (χ1v) is 9.97. The third-order valence-corrected chi connectivity index (χ3v) is 5.11. The van der Waals surface area contributed by atoms with Crippen LogP contribution in [0.5, 0.6) is 0 Å². The Morgan fingerprint density at radius 2 is 2.10 bits per heavy atom. The van der Waals surface area contributed by atoms with E-state index in [9.17, 15) is 14.9 Å². The van der Waals surface area contributed by atoms with Crippen molar-refractivity contribution in [3.8, 4) is 0 Å². The standard InChI is InChI=1S/C20H29N5O5/c1-13-11-23(12-15(13)22-19(26)30-20(2,3)4)18-14-10-21-24(8-9-29-5)16(14)6-7-17(18)25(27)28/h6-7,10,13,15H,8-9,11-12H2,1-5H3,(H,22,26)/t13-,15+/m1/s1. The van der Waals surface area contributed by atoms with Gasteiger partial charge in [0.1, 0.15) is 11.3 Å². The van der Waals surface area contributed by atoms with Gasteiger partial charge in [0.05, 0.1) is 41.2 Å². The van der Waals surface area contributed by atoms with Crippen LogP contribution in [0.4, 0.5) is 16.2 Å². The third-order valence-electron chi connectivity index (χ3n) is 5.11. The van der Waals surface area contributed by atoms with E-state index >= 15 is 0 Å². The minimum Gasteiger partial charge on any atom is -0.444 e. The summed E-state index contributed by atoms with van der Waals surface area (Å²) < 4.78 is 12.3. The number of aromatic nitrogens is 2. The lowest BCUT2D eigenvalue weighted by Gasteiger charge is -2.23. The van der Waals surface area contributed by atoms with Gasteiger partial charge in [0.15, 0.2) is 0 Å². The molecule has 30 heavy (non-hydrogen) atoms. The van der Waals surface area contributed by atoms with Crippen molar-refractivity contribution in [3.63, 3.8) is 0 Å². The molecule has 0 spiro atoms. The minimum atomic E-state index is -0.590. The van der Waals surface area contributed by atoms with Crippen LogP contribution < -0.4 is 10.2 Å². The fourth-order valence-electron chi connectivity index (χ4n) is 3.76. The summed E-state index contributed by atoms with van der Waals surface area (Å²) in [5.74, 6) is 0.0934. The monoisotopic (exact) mass is 419 g/mol. The van der Waals surface area contributed by atoms with Crippen molar-refractivity contribution in [3.05, 3.63) is 28.4 Å². The van der Waals surface area contributed by atoms with Crippen molar-refractivity contribution < 1.29 is 19.2 Å². The van der Waals surface area contributed by atoms with Gasteiger partial charge in [0.25, 0.3) is 5.69 Å². The van der Waals surface area contributed by atoms with Crippen LogP contribution >= 0.6 is 0 Å². The fourth-order valence-corrected chi connectivity index (χ4v) is 3.76. The Hall–Kier alpha value is -2.88. The summed E-state index contributed by atoms with van der Waals surface area (Å²) in [5.41, 5.74) is 0.775. The van der Waals surface area contributed by atoms with Crippen molar-refractivity contribution >= 4 is 28.4 Å². The molecule has 1 aliphatic rings. The number of nitro groups is 1. The van der Waals surface area contributed by atoms with E-state index in [0.29, 0.717) is 37.3 Å². The highest BCUT2D eigenvalue weighted by Gasteiger charge is 2.36. The number of amides is 1. The predicted octanol–water partition coefficient (Wildman–Crippen LogP) is 2.94. The average molecular weight is 419 g/mol. The summed E-state index contributed by atoms with van der Waals surface area (Å²) in [7, 11) is 1.62. The van der Waals surface area contributed by atoms with E-state index in [2.05, 4.69) is 10.4 Å². The lowest BCUT2D eigenvalue weighted by molar-refractivity contribution is -0.384. The SMILES string of the molecule is COCCn1ncc2c(N3C[C@@H](C)[C@@H](NC(=O)OC(C)(C)C)C3)c([N+](=O)[O-])ccc21. The number of nitro benzene ring substituents is 1. The highest BCUT2D eigenvalue weighted by molar-refractivity contribution is 5.97. The molecule has 0 unspecified atom stereocenters. The molecule has 2 atom stereocenters. The number of carbonyl (C=O) groups is 1. The highest BCUT2D eigenvalue weighted by atomic mass is 16.6. The van der Waals surface area contributed by atoms with Crippen LogP contribution in [0.1, 0.15) is 27.7 Å². The number of nitrogens with one attached hydrogen (secondary N) is 1. The molecule has 1 aromatic carbocycles. The molecule has 2 heterocycles. The first-order valence-electron chi connectivity index (χ1n) is 9.97. The first kappa shape index (κ1) is 21.8. The number of anilines is 1. The zero-order valence-corrected chi connectivity index (χ0v) is 18.0. The van der Waals surface area contributed by atoms with E-state index in [4.69, 9.17) is 9.47 Å². The molecule has 1 aliphatic heterocycles. The van der Waals surface area contributed by atoms with Gasteiger partial charge < -0.3 is 19.7 Å². The zero-order chi connectivity index (χ0) is 22.1. The second kappa shape index (κ2) is 8.47. The minimum absolute atomic E-state index is 0.0268. The van der Waals surface area contributed by atoms with E-state index in [1.807, 2.05) is 32.6 Å². The number of hydrogen-bond donors (Lipinski definition) is 1. The second-order valence-corrected chi connectivity index (χ2v) is 8.62. The van der Waals surface area contributed by atoms with Gasteiger partial charge in [-0.05, 0) is 32.8 Å². The summed E-state index contributed by atoms with van der Waals surface area (Å²) in [6, 6.07) is 3.05. The van der Waals surface area contributed by atoms with Crippen LogP contribution in [0.25, 0.3) is 10.9 Å².